The number of rotatable bonds is 6. The third-order valence-electron chi connectivity index (χ3n) is 3.77. The van der Waals surface area contributed by atoms with Crippen molar-refractivity contribution in [3.8, 4) is 17.2 Å². The summed E-state index contributed by atoms with van der Waals surface area (Å²) < 4.78 is 15.6. The maximum absolute atomic E-state index is 12.3. The Hall–Kier alpha value is -2.44. The fourth-order valence-corrected chi connectivity index (χ4v) is 2.41. The quantitative estimate of drug-likeness (QED) is 0.822. The number of carboxylic acids is 1. The summed E-state index contributed by atoms with van der Waals surface area (Å²) >= 11 is 0. The Labute approximate surface area is 128 Å². The Balaban J connectivity index is 2.13. The predicted octanol–water partition coefficient (Wildman–Crippen LogP) is 1.31. The number of aliphatic carboxylic acids is 1. The minimum absolute atomic E-state index is 0.133. The molecule has 22 heavy (non-hydrogen) atoms. The van der Waals surface area contributed by atoms with Gasteiger partial charge in [0, 0.05) is 18.2 Å². The Morgan fingerprint density at radius 3 is 2.09 bits per heavy atom. The molecule has 1 aromatic rings. The van der Waals surface area contributed by atoms with Crippen LogP contribution < -0.4 is 19.5 Å². The normalized spacial score (nSPS) is 19.8. The topological polar surface area (TPSA) is 94.1 Å². The monoisotopic (exact) mass is 309 g/mol. The zero-order valence-corrected chi connectivity index (χ0v) is 12.7. The van der Waals surface area contributed by atoms with Gasteiger partial charge in [0.15, 0.2) is 11.5 Å². The third-order valence-corrected chi connectivity index (χ3v) is 3.77. The highest BCUT2D eigenvalue weighted by atomic mass is 16.5. The number of carbonyl (C=O) groups is 2. The first-order chi connectivity index (χ1) is 10.5. The van der Waals surface area contributed by atoms with Crippen molar-refractivity contribution in [2.24, 2.45) is 5.92 Å². The number of benzene rings is 1. The Kier molecular flexibility index (Phi) is 4.75. The van der Waals surface area contributed by atoms with Crippen LogP contribution in [-0.4, -0.2) is 44.4 Å². The second-order valence-electron chi connectivity index (χ2n) is 5.08. The van der Waals surface area contributed by atoms with Crippen molar-refractivity contribution in [1.29, 1.82) is 0 Å². The lowest BCUT2D eigenvalue weighted by atomic mass is 9.80. The van der Waals surface area contributed by atoms with Crippen molar-refractivity contribution >= 4 is 11.9 Å². The van der Waals surface area contributed by atoms with Crippen LogP contribution in [0.1, 0.15) is 23.2 Å². The number of carboxylic acid groups (broad SMARTS) is 1. The number of amides is 1. The molecular formula is C15H19NO6. The van der Waals surface area contributed by atoms with Gasteiger partial charge < -0.3 is 24.6 Å². The molecule has 0 aromatic heterocycles. The molecule has 1 aliphatic rings. The molecule has 7 nitrogen and oxygen atoms in total. The van der Waals surface area contributed by atoms with E-state index in [9.17, 15) is 9.59 Å². The van der Waals surface area contributed by atoms with Crippen LogP contribution in [0.2, 0.25) is 0 Å². The van der Waals surface area contributed by atoms with Gasteiger partial charge in [-0.25, -0.2) is 0 Å². The SMILES string of the molecule is COc1cc(OC)c(C(=O)NC2CC(C(=O)O)C2)cc1OC. The number of ether oxygens (including phenoxy) is 3. The standard InChI is InChI=1S/C15H19NO6/c1-20-11-7-13(22-3)12(21-2)6-10(11)14(17)16-9-4-8(5-9)15(18)19/h6-9H,4-5H2,1-3H3,(H,16,17)(H,18,19). The molecular weight excluding hydrogens is 290 g/mol. The van der Waals surface area contributed by atoms with E-state index in [0.717, 1.165) is 0 Å². The van der Waals surface area contributed by atoms with Crippen molar-refractivity contribution in [2.75, 3.05) is 21.3 Å². The summed E-state index contributed by atoms with van der Waals surface area (Å²) in [4.78, 5) is 23.1. The van der Waals surface area contributed by atoms with Crippen LogP contribution in [0.5, 0.6) is 17.2 Å². The summed E-state index contributed by atoms with van der Waals surface area (Å²) in [5.74, 6) is -0.279. The van der Waals surface area contributed by atoms with Gasteiger partial charge >= 0.3 is 5.97 Å². The van der Waals surface area contributed by atoms with Crippen LogP contribution in [-0.2, 0) is 4.79 Å². The van der Waals surface area contributed by atoms with E-state index in [4.69, 9.17) is 19.3 Å². The Morgan fingerprint density at radius 2 is 1.59 bits per heavy atom. The molecule has 7 heteroatoms. The Morgan fingerprint density at radius 1 is 1.05 bits per heavy atom. The van der Waals surface area contributed by atoms with Gasteiger partial charge in [0.1, 0.15) is 5.75 Å². The fourth-order valence-electron chi connectivity index (χ4n) is 2.41. The molecule has 1 aromatic carbocycles. The maximum Gasteiger partial charge on any atom is 0.306 e. The minimum Gasteiger partial charge on any atom is -0.496 e. The van der Waals surface area contributed by atoms with E-state index >= 15 is 0 Å². The smallest absolute Gasteiger partial charge is 0.306 e. The van der Waals surface area contributed by atoms with E-state index in [1.165, 1.54) is 21.3 Å². The number of hydrogen-bond donors (Lipinski definition) is 2. The molecule has 1 aliphatic carbocycles. The van der Waals surface area contributed by atoms with Gasteiger partial charge in [-0.2, -0.15) is 0 Å². The molecule has 1 fully saturated rings. The molecule has 120 valence electrons. The average molecular weight is 309 g/mol. The van der Waals surface area contributed by atoms with E-state index in [2.05, 4.69) is 5.32 Å². The van der Waals surface area contributed by atoms with E-state index in [-0.39, 0.29) is 17.9 Å². The van der Waals surface area contributed by atoms with Crippen molar-refractivity contribution < 1.29 is 28.9 Å². The van der Waals surface area contributed by atoms with E-state index in [0.29, 0.717) is 35.7 Å². The van der Waals surface area contributed by atoms with Crippen molar-refractivity contribution in [1.82, 2.24) is 5.32 Å². The highest BCUT2D eigenvalue weighted by molar-refractivity contribution is 5.98. The van der Waals surface area contributed by atoms with Gasteiger partial charge in [-0.15, -0.1) is 0 Å². The van der Waals surface area contributed by atoms with Gasteiger partial charge in [0.05, 0.1) is 32.8 Å². The van der Waals surface area contributed by atoms with E-state index in [1.807, 2.05) is 0 Å². The first kappa shape index (κ1) is 15.9. The lowest BCUT2D eigenvalue weighted by Gasteiger charge is -2.33. The second-order valence-corrected chi connectivity index (χ2v) is 5.08. The van der Waals surface area contributed by atoms with Gasteiger partial charge in [0.2, 0.25) is 0 Å². The van der Waals surface area contributed by atoms with Crippen LogP contribution in [0.15, 0.2) is 12.1 Å². The summed E-state index contributed by atoms with van der Waals surface area (Å²) in [6.07, 6.45) is 0.882. The van der Waals surface area contributed by atoms with Crippen LogP contribution in [0.25, 0.3) is 0 Å². The predicted molar refractivity (Wildman–Crippen MR) is 77.7 cm³/mol. The number of carbonyl (C=O) groups excluding carboxylic acids is 1. The highest BCUT2D eigenvalue weighted by Gasteiger charge is 2.35. The molecule has 0 bridgehead atoms. The van der Waals surface area contributed by atoms with Crippen LogP contribution >= 0.6 is 0 Å². The molecule has 2 rings (SSSR count). The largest absolute Gasteiger partial charge is 0.496 e. The molecule has 0 spiro atoms. The van der Waals surface area contributed by atoms with Gasteiger partial charge in [0.25, 0.3) is 5.91 Å². The number of nitrogens with one attached hydrogen (secondary N) is 1. The molecule has 0 heterocycles. The molecule has 1 amide bonds. The third kappa shape index (κ3) is 3.08. The van der Waals surface area contributed by atoms with Crippen molar-refractivity contribution in [3.63, 3.8) is 0 Å². The Bertz CT molecular complexity index is 580. The fraction of sp³-hybridized carbons (Fsp3) is 0.467. The van der Waals surface area contributed by atoms with Crippen molar-refractivity contribution in [3.05, 3.63) is 17.7 Å². The molecule has 0 aliphatic heterocycles. The van der Waals surface area contributed by atoms with Crippen LogP contribution in [0.4, 0.5) is 0 Å². The van der Waals surface area contributed by atoms with Gasteiger partial charge in [-0.3, -0.25) is 9.59 Å². The van der Waals surface area contributed by atoms with Gasteiger partial charge in [-0.05, 0) is 12.8 Å². The first-order valence-corrected chi connectivity index (χ1v) is 6.83. The molecule has 0 radical (unpaired) electrons. The summed E-state index contributed by atoms with van der Waals surface area (Å²) in [7, 11) is 4.44. The maximum atomic E-state index is 12.3. The molecule has 1 saturated carbocycles. The van der Waals surface area contributed by atoms with Gasteiger partial charge in [-0.1, -0.05) is 0 Å². The summed E-state index contributed by atoms with van der Waals surface area (Å²) in [6.45, 7) is 0. The lowest BCUT2D eigenvalue weighted by Crippen LogP contribution is -2.46. The number of methoxy groups -OCH3 is 3. The van der Waals surface area contributed by atoms with E-state index < -0.39 is 5.97 Å². The minimum atomic E-state index is -0.825. The second kappa shape index (κ2) is 6.55. The summed E-state index contributed by atoms with van der Waals surface area (Å²) in [5, 5.41) is 11.6. The molecule has 0 saturated heterocycles. The highest BCUT2D eigenvalue weighted by Crippen LogP contribution is 2.35. The zero-order chi connectivity index (χ0) is 16.3. The number of hydrogen-bond acceptors (Lipinski definition) is 5. The molecule has 2 N–H and O–H groups in total. The lowest BCUT2D eigenvalue weighted by molar-refractivity contribution is -0.145. The van der Waals surface area contributed by atoms with Crippen LogP contribution in [0.3, 0.4) is 0 Å². The zero-order valence-electron chi connectivity index (χ0n) is 12.7. The van der Waals surface area contributed by atoms with E-state index in [1.54, 1.807) is 12.1 Å². The molecule has 0 unspecified atom stereocenters. The summed E-state index contributed by atoms with van der Waals surface area (Å²) in [6, 6.07) is 2.99. The van der Waals surface area contributed by atoms with Crippen molar-refractivity contribution in [2.45, 2.75) is 18.9 Å². The van der Waals surface area contributed by atoms with Crippen LogP contribution in [0, 0.1) is 5.92 Å². The summed E-state index contributed by atoms with van der Waals surface area (Å²) in [5.41, 5.74) is 0.318. The molecule has 0 atom stereocenters. The first-order valence-electron chi connectivity index (χ1n) is 6.83. The average Bonchev–Trinajstić information content (AvgIpc) is 2.48.